The number of fused-ring (bicyclic) bond motifs is 6. The minimum atomic E-state index is 0. The predicted molar refractivity (Wildman–Crippen MR) is 166 cm³/mol. The van der Waals surface area contributed by atoms with Crippen molar-refractivity contribution in [1.82, 2.24) is 0 Å². The third kappa shape index (κ3) is 10.3. The first-order valence-corrected chi connectivity index (χ1v) is 15.9. The molecule has 2 aliphatic rings. The zero-order valence-corrected chi connectivity index (χ0v) is 27.4. The Bertz CT molecular complexity index is 997. The van der Waals surface area contributed by atoms with E-state index in [0.29, 0.717) is 0 Å². The molecule has 0 saturated heterocycles. The Hall–Kier alpha value is -2.02. The molecule has 0 aromatic heterocycles. The van der Waals surface area contributed by atoms with E-state index in [1.54, 1.807) is 0 Å². The smallest absolute Gasteiger partial charge is 0.343 e. The Labute approximate surface area is 255 Å². The second kappa shape index (κ2) is 20.0. The van der Waals surface area contributed by atoms with E-state index in [0.717, 1.165) is 35.2 Å². The summed E-state index contributed by atoms with van der Waals surface area (Å²) in [4.78, 5) is 0. The van der Waals surface area contributed by atoms with Crippen LogP contribution in [-0.4, -0.2) is 9.52 Å². The van der Waals surface area contributed by atoms with Crippen LogP contribution >= 0.6 is 0 Å². The van der Waals surface area contributed by atoms with Gasteiger partial charge in [0.15, 0.2) is 0 Å². The van der Waals surface area contributed by atoms with Gasteiger partial charge in [0.05, 0.1) is 0 Å². The fourth-order valence-corrected chi connectivity index (χ4v) is 4.00. The van der Waals surface area contributed by atoms with Crippen molar-refractivity contribution >= 4 is 9.52 Å². The maximum Gasteiger partial charge on any atom is 4.00 e. The van der Waals surface area contributed by atoms with Gasteiger partial charge < -0.3 is 13.8 Å². The number of benzene rings is 4. The summed E-state index contributed by atoms with van der Waals surface area (Å²) < 4.78 is 0. The van der Waals surface area contributed by atoms with E-state index in [2.05, 4.69) is 126 Å². The fourth-order valence-electron chi connectivity index (χ4n) is 4.00. The molecule has 0 saturated carbocycles. The zero-order chi connectivity index (χ0) is 26.9. The van der Waals surface area contributed by atoms with Gasteiger partial charge >= 0.3 is 26.2 Å². The van der Waals surface area contributed by atoms with Crippen LogP contribution < -0.4 is 0 Å². The van der Waals surface area contributed by atoms with Crippen molar-refractivity contribution in [3.8, 4) is 22.3 Å². The molecule has 38 heavy (non-hydrogen) atoms. The van der Waals surface area contributed by atoms with E-state index in [-0.39, 0.29) is 26.2 Å². The molecule has 0 fully saturated rings. The van der Waals surface area contributed by atoms with Gasteiger partial charge in [-0.1, -0.05) is 111 Å². The maximum absolute atomic E-state index is 3.60. The maximum atomic E-state index is 3.60. The topological polar surface area (TPSA) is 0 Å². The van der Waals surface area contributed by atoms with Crippen LogP contribution in [0.1, 0.15) is 61.8 Å². The number of hydrogen-bond acceptors (Lipinski definition) is 0. The van der Waals surface area contributed by atoms with Crippen molar-refractivity contribution < 1.29 is 26.2 Å². The van der Waals surface area contributed by atoms with Crippen molar-refractivity contribution in [1.29, 1.82) is 0 Å². The Morgan fingerprint density at radius 2 is 0.921 bits per heavy atom. The molecule has 0 aliphatic heterocycles. The minimum absolute atomic E-state index is 0. The average molecular weight is 595 g/mol. The van der Waals surface area contributed by atoms with Gasteiger partial charge in [0.2, 0.25) is 0 Å². The Kier molecular flexibility index (Phi) is 17.9. The summed E-state index contributed by atoms with van der Waals surface area (Å²) in [5.41, 5.74) is 11.0. The largest absolute Gasteiger partial charge is 4.00 e. The Morgan fingerprint density at radius 1 is 0.605 bits per heavy atom. The van der Waals surface area contributed by atoms with Gasteiger partial charge in [-0.3, -0.25) is 0 Å². The van der Waals surface area contributed by atoms with Crippen LogP contribution in [0, 0.1) is 26.0 Å². The van der Waals surface area contributed by atoms with E-state index >= 15 is 0 Å². The Balaban J connectivity index is 0.000000272. The third-order valence-electron chi connectivity index (χ3n) is 5.94. The van der Waals surface area contributed by atoms with Crippen LogP contribution in [0.2, 0.25) is 13.1 Å². The van der Waals surface area contributed by atoms with E-state index in [4.69, 9.17) is 0 Å². The van der Waals surface area contributed by atoms with Gasteiger partial charge in [0.1, 0.15) is 0 Å². The number of unbranched alkanes of at least 4 members (excludes halogenated alkanes) is 2. The summed E-state index contributed by atoms with van der Waals surface area (Å²) in [6.45, 7) is 15.9. The molecule has 0 amide bonds. The summed E-state index contributed by atoms with van der Waals surface area (Å²) in [6.07, 6.45) is 6.65. The van der Waals surface area contributed by atoms with Crippen LogP contribution in [-0.2, 0) is 39.0 Å². The molecule has 0 heterocycles. The van der Waals surface area contributed by atoms with Crippen LogP contribution in [0.3, 0.4) is 0 Å². The van der Waals surface area contributed by atoms with E-state index in [1.165, 1.54) is 57.3 Å². The van der Waals surface area contributed by atoms with E-state index in [1.807, 2.05) is 12.1 Å². The first kappa shape index (κ1) is 34.0. The van der Waals surface area contributed by atoms with Crippen molar-refractivity contribution in [3.63, 3.8) is 0 Å². The molecule has 195 valence electrons. The van der Waals surface area contributed by atoms with Crippen molar-refractivity contribution in [2.45, 2.75) is 65.5 Å². The predicted octanol–water partition coefficient (Wildman–Crippen LogP) is 9.87. The standard InChI is InChI=1S/2C13H9.2C4H9.C2H7Si.Zr/c2*1-3-7-12-10(5-1)9-11-6-2-4-8-13(11)12;2*1-3-4-2;1-3-2;/h2*1-5,7-8H,9H2;2*1,3-4H2,2H3;3H,1-2H3;/q4*-1;;+4. The first-order valence-electron chi connectivity index (χ1n) is 13.6. The Morgan fingerprint density at radius 3 is 1.26 bits per heavy atom. The quantitative estimate of drug-likeness (QED) is 0.138. The SMILES string of the molecule is C[SiH]C.[CH2-]CCC.[CH2-]CCC.[Zr+4].[c-]1cccc2c1Cc1ccccc1-2.[c-]1cccc2c1Cc1ccccc1-2. The summed E-state index contributed by atoms with van der Waals surface area (Å²) >= 11 is 0. The second-order valence-corrected chi connectivity index (χ2v) is 10.2. The van der Waals surface area contributed by atoms with Crippen LogP contribution in [0.25, 0.3) is 22.3 Å². The van der Waals surface area contributed by atoms with Crippen LogP contribution in [0.4, 0.5) is 0 Å². The molecule has 4 aromatic rings. The molecule has 0 bridgehead atoms. The summed E-state index contributed by atoms with van der Waals surface area (Å²) in [5.74, 6) is 0. The number of hydrogen-bond donors (Lipinski definition) is 0. The average Bonchev–Trinajstić information content (AvgIpc) is 3.52. The van der Waals surface area contributed by atoms with Crippen LogP contribution in [0.15, 0.2) is 84.9 Å². The zero-order valence-electron chi connectivity index (χ0n) is 23.8. The molecular formula is C36H43SiZr. The molecule has 1 radical (unpaired) electrons. The van der Waals surface area contributed by atoms with Gasteiger partial charge in [-0.15, -0.1) is 11.1 Å². The summed E-state index contributed by atoms with van der Waals surface area (Å²) in [6, 6.07) is 36.2. The normalized spacial score (nSPS) is 10.5. The third-order valence-corrected chi connectivity index (χ3v) is 5.94. The molecule has 2 aliphatic carbocycles. The van der Waals surface area contributed by atoms with Gasteiger partial charge in [0, 0.05) is 9.52 Å². The monoisotopic (exact) mass is 593 g/mol. The van der Waals surface area contributed by atoms with Gasteiger partial charge in [0.25, 0.3) is 0 Å². The molecule has 0 spiro atoms. The van der Waals surface area contributed by atoms with Crippen LogP contribution in [0.5, 0.6) is 0 Å². The molecule has 0 atom stereocenters. The molecular weight excluding hydrogens is 552 g/mol. The van der Waals surface area contributed by atoms with Gasteiger partial charge in [-0.05, 0) is 12.8 Å². The van der Waals surface area contributed by atoms with Crippen molar-refractivity contribution in [2.24, 2.45) is 0 Å². The molecule has 0 nitrogen and oxygen atoms in total. The summed E-state index contributed by atoms with van der Waals surface area (Å²) in [5, 5.41) is 0. The molecule has 2 heteroatoms. The minimum Gasteiger partial charge on any atom is -0.343 e. The van der Waals surface area contributed by atoms with Crippen molar-refractivity contribution in [2.75, 3.05) is 0 Å². The van der Waals surface area contributed by atoms with E-state index < -0.39 is 0 Å². The second-order valence-electron chi connectivity index (χ2n) is 9.08. The van der Waals surface area contributed by atoms with Crippen molar-refractivity contribution in [3.05, 3.63) is 133 Å². The first-order chi connectivity index (χ1) is 18.1. The fraction of sp³-hybridized carbons (Fsp3) is 0.278. The molecule has 6 rings (SSSR count). The molecule has 0 N–H and O–H groups in total. The summed E-state index contributed by atoms with van der Waals surface area (Å²) in [7, 11) is 0.750. The molecule has 4 aromatic carbocycles. The van der Waals surface area contributed by atoms with E-state index in [9.17, 15) is 0 Å². The number of rotatable bonds is 2. The van der Waals surface area contributed by atoms with Gasteiger partial charge in [-0.25, -0.2) is 0 Å². The molecule has 0 unspecified atom stereocenters. The van der Waals surface area contributed by atoms with Gasteiger partial charge in [-0.2, -0.15) is 72.5 Å².